The monoisotopic (exact) mass is 224 g/mol. The van der Waals surface area contributed by atoms with Crippen molar-refractivity contribution in [1.29, 1.82) is 0 Å². The third-order valence-electron chi connectivity index (χ3n) is 1.90. The van der Waals surface area contributed by atoms with Crippen molar-refractivity contribution in [2.24, 2.45) is 11.6 Å². The van der Waals surface area contributed by atoms with Gasteiger partial charge in [0.05, 0.1) is 0 Å². The molecule has 0 atom stereocenters. The van der Waals surface area contributed by atoms with Gasteiger partial charge in [0.1, 0.15) is 18.0 Å². The zero-order valence-corrected chi connectivity index (χ0v) is 9.32. The number of carbonyl (C=O) groups is 1. The quantitative estimate of drug-likeness (QED) is 0.407. The molecule has 7 heteroatoms. The van der Waals surface area contributed by atoms with E-state index in [2.05, 4.69) is 20.7 Å². The van der Waals surface area contributed by atoms with Crippen LogP contribution in [0.25, 0.3) is 0 Å². The van der Waals surface area contributed by atoms with Crippen LogP contribution in [-0.4, -0.2) is 21.4 Å². The average Bonchev–Trinajstić information content (AvgIpc) is 2.15. The molecular formula is C9H16N6O. The maximum atomic E-state index is 10.8. The second-order valence-corrected chi connectivity index (χ2v) is 4.08. The number of nitrogens with two attached hydrogens (primary N) is 2. The molecule has 0 unspecified atom stereocenters. The number of amides is 1. The minimum atomic E-state index is -0.466. The number of primary amides is 1. The van der Waals surface area contributed by atoms with Crippen molar-refractivity contribution in [2.75, 3.05) is 10.7 Å². The molecule has 0 radical (unpaired) electrons. The molecule has 0 spiro atoms. The largest absolute Gasteiger partial charge is 0.370 e. The second-order valence-electron chi connectivity index (χ2n) is 4.08. The Balaban J connectivity index is 2.75. The molecule has 6 N–H and O–H groups in total. The molecule has 1 amide bonds. The van der Waals surface area contributed by atoms with Crippen molar-refractivity contribution < 1.29 is 4.79 Å². The van der Waals surface area contributed by atoms with Crippen LogP contribution in [0.5, 0.6) is 0 Å². The molecule has 0 aromatic carbocycles. The fourth-order valence-corrected chi connectivity index (χ4v) is 1.33. The van der Waals surface area contributed by atoms with Crippen LogP contribution in [0.1, 0.15) is 20.3 Å². The van der Waals surface area contributed by atoms with Gasteiger partial charge in [-0.2, -0.15) is 0 Å². The lowest BCUT2D eigenvalue weighted by Gasteiger charge is -2.25. The Morgan fingerprint density at radius 2 is 2.06 bits per heavy atom. The minimum absolute atomic E-state index is 0.211. The summed E-state index contributed by atoms with van der Waals surface area (Å²) in [5.74, 6) is 5.92. The van der Waals surface area contributed by atoms with Gasteiger partial charge in [0.2, 0.25) is 5.91 Å². The van der Waals surface area contributed by atoms with Crippen molar-refractivity contribution in [3.63, 3.8) is 0 Å². The van der Waals surface area contributed by atoms with Crippen LogP contribution < -0.4 is 22.3 Å². The van der Waals surface area contributed by atoms with Crippen molar-refractivity contribution in [3.8, 4) is 0 Å². The van der Waals surface area contributed by atoms with E-state index in [4.69, 9.17) is 11.6 Å². The summed E-state index contributed by atoms with van der Waals surface area (Å²) >= 11 is 0. The van der Waals surface area contributed by atoms with Gasteiger partial charge in [-0.05, 0) is 13.8 Å². The molecule has 1 heterocycles. The molecule has 88 valence electrons. The third-order valence-corrected chi connectivity index (χ3v) is 1.90. The molecule has 1 aromatic rings. The van der Waals surface area contributed by atoms with Gasteiger partial charge >= 0.3 is 0 Å². The van der Waals surface area contributed by atoms with Crippen molar-refractivity contribution in [1.82, 2.24) is 9.97 Å². The lowest BCUT2D eigenvalue weighted by atomic mass is 10.0. The number of nitrogens with one attached hydrogen (secondary N) is 2. The van der Waals surface area contributed by atoms with Gasteiger partial charge in [-0.15, -0.1) is 0 Å². The molecule has 1 aromatic heterocycles. The fraction of sp³-hybridized carbons (Fsp3) is 0.444. The number of rotatable bonds is 5. The van der Waals surface area contributed by atoms with Crippen LogP contribution in [0, 0.1) is 0 Å². The van der Waals surface area contributed by atoms with Crippen LogP contribution in [0.2, 0.25) is 0 Å². The molecule has 0 aliphatic carbocycles. The Kier molecular flexibility index (Phi) is 3.62. The SMILES string of the molecule is CC(C)(CC(N)=O)Nc1cc(NN)ncn1. The highest BCUT2D eigenvalue weighted by Gasteiger charge is 2.20. The molecular weight excluding hydrogens is 208 g/mol. The normalized spacial score (nSPS) is 10.9. The highest BCUT2D eigenvalue weighted by atomic mass is 16.1. The van der Waals surface area contributed by atoms with Crippen LogP contribution in [0.15, 0.2) is 12.4 Å². The van der Waals surface area contributed by atoms with Crippen LogP contribution in [0.3, 0.4) is 0 Å². The first-order chi connectivity index (χ1) is 7.43. The van der Waals surface area contributed by atoms with E-state index in [-0.39, 0.29) is 12.3 Å². The first kappa shape index (κ1) is 12.2. The number of hydrogen-bond donors (Lipinski definition) is 4. The maximum absolute atomic E-state index is 10.8. The van der Waals surface area contributed by atoms with Gasteiger partial charge in [-0.25, -0.2) is 15.8 Å². The molecule has 0 aliphatic rings. The smallest absolute Gasteiger partial charge is 0.219 e. The van der Waals surface area contributed by atoms with E-state index in [1.807, 2.05) is 13.8 Å². The number of aromatic nitrogens is 2. The summed E-state index contributed by atoms with van der Waals surface area (Å²) in [6.45, 7) is 3.71. The summed E-state index contributed by atoms with van der Waals surface area (Å²) in [6, 6.07) is 1.64. The lowest BCUT2D eigenvalue weighted by Crippen LogP contribution is -2.36. The lowest BCUT2D eigenvalue weighted by molar-refractivity contribution is -0.118. The third kappa shape index (κ3) is 3.70. The maximum Gasteiger partial charge on any atom is 0.219 e. The zero-order chi connectivity index (χ0) is 12.2. The van der Waals surface area contributed by atoms with Crippen molar-refractivity contribution in [2.45, 2.75) is 25.8 Å². The van der Waals surface area contributed by atoms with E-state index in [9.17, 15) is 4.79 Å². The number of anilines is 2. The molecule has 1 rings (SSSR count). The summed E-state index contributed by atoms with van der Waals surface area (Å²) in [7, 11) is 0. The van der Waals surface area contributed by atoms with Crippen LogP contribution >= 0.6 is 0 Å². The van der Waals surface area contributed by atoms with Crippen molar-refractivity contribution >= 4 is 17.5 Å². The van der Waals surface area contributed by atoms with Crippen LogP contribution in [0.4, 0.5) is 11.6 Å². The second kappa shape index (κ2) is 4.75. The highest BCUT2D eigenvalue weighted by Crippen LogP contribution is 2.17. The fourth-order valence-electron chi connectivity index (χ4n) is 1.33. The Labute approximate surface area is 93.6 Å². The van der Waals surface area contributed by atoms with Gasteiger partial charge in [0.15, 0.2) is 0 Å². The van der Waals surface area contributed by atoms with E-state index in [1.54, 1.807) is 6.07 Å². The molecule has 16 heavy (non-hydrogen) atoms. The first-order valence-corrected chi connectivity index (χ1v) is 4.78. The molecule has 0 saturated heterocycles. The van der Waals surface area contributed by atoms with Gasteiger partial charge in [0, 0.05) is 18.0 Å². The predicted octanol–water partition coefficient (Wildman–Crippen LogP) is -0.172. The van der Waals surface area contributed by atoms with Gasteiger partial charge in [-0.1, -0.05) is 0 Å². The standard InChI is InChI=1S/C9H16N6O/c1-9(2,4-6(10)16)14-7-3-8(15-11)13-5-12-7/h3,5H,4,11H2,1-2H3,(H2,10,16)(H2,12,13,14,15). The Bertz CT molecular complexity index is 378. The number of nitrogens with zero attached hydrogens (tertiary/aromatic N) is 2. The minimum Gasteiger partial charge on any atom is -0.370 e. The number of hydrogen-bond acceptors (Lipinski definition) is 6. The summed E-state index contributed by atoms with van der Waals surface area (Å²) in [5, 5.41) is 3.08. The van der Waals surface area contributed by atoms with E-state index in [0.29, 0.717) is 11.6 Å². The Morgan fingerprint density at radius 3 is 2.62 bits per heavy atom. The van der Waals surface area contributed by atoms with Gasteiger partial charge in [0.25, 0.3) is 0 Å². The zero-order valence-electron chi connectivity index (χ0n) is 9.32. The topological polar surface area (TPSA) is 119 Å². The van der Waals surface area contributed by atoms with Crippen molar-refractivity contribution in [3.05, 3.63) is 12.4 Å². The molecule has 0 fully saturated rings. The molecule has 7 nitrogen and oxygen atoms in total. The summed E-state index contributed by atoms with van der Waals surface area (Å²) < 4.78 is 0. The predicted molar refractivity (Wildman–Crippen MR) is 61.4 cm³/mol. The highest BCUT2D eigenvalue weighted by molar-refractivity contribution is 5.75. The summed E-state index contributed by atoms with van der Waals surface area (Å²) in [5.41, 5.74) is 7.09. The van der Waals surface area contributed by atoms with E-state index < -0.39 is 5.54 Å². The average molecular weight is 224 g/mol. The van der Waals surface area contributed by atoms with Crippen LogP contribution in [-0.2, 0) is 4.79 Å². The molecule has 0 saturated carbocycles. The van der Waals surface area contributed by atoms with Gasteiger partial charge < -0.3 is 16.5 Å². The molecule has 0 bridgehead atoms. The van der Waals surface area contributed by atoms with Gasteiger partial charge in [-0.3, -0.25) is 4.79 Å². The van der Waals surface area contributed by atoms with E-state index in [1.165, 1.54) is 6.33 Å². The number of hydrazine groups is 1. The summed E-state index contributed by atoms with van der Waals surface area (Å²) in [6.07, 6.45) is 1.58. The summed E-state index contributed by atoms with van der Waals surface area (Å²) in [4.78, 5) is 18.7. The van der Waals surface area contributed by atoms with E-state index >= 15 is 0 Å². The van der Waals surface area contributed by atoms with E-state index in [0.717, 1.165) is 0 Å². The molecule has 0 aliphatic heterocycles. The Hall–Kier alpha value is -1.89. The number of carbonyl (C=O) groups excluding carboxylic acids is 1. The Morgan fingerprint density at radius 1 is 1.44 bits per heavy atom. The number of nitrogen functional groups attached to an aromatic ring is 1. The first-order valence-electron chi connectivity index (χ1n) is 4.78.